The molecule has 2 aliphatic rings. The van der Waals surface area contributed by atoms with E-state index < -0.39 is 12.1 Å². The van der Waals surface area contributed by atoms with E-state index in [1.807, 2.05) is 12.1 Å². The Bertz CT molecular complexity index is 857. The first-order valence-electron chi connectivity index (χ1n) is 14.8. The first-order valence-corrected chi connectivity index (χ1v) is 14.8. The summed E-state index contributed by atoms with van der Waals surface area (Å²) in [7, 11) is 3.33. The maximum Gasteiger partial charge on any atom is 0.226 e. The van der Waals surface area contributed by atoms with E-state index in [1.165, 1.54) is 19.3 Å². The molecule has 224 valence electrons. The second-order valence-corrected chi connectivity index (χ2v) is 11.9. The molecule has 3 unspecified atom stereocenters. The summed E-state index contributed by atoms with van der Waals surface area (Å²) in [6.07, 6.45) is 10.7. The minimum Gasteiger partial charge on any atom is -0.493 e. The van der Waals surface area contributed by atoms with Gasteiger partial charge in [-0.3, -0.25) is 4.79 Å². The Kier molecular flexibility index (Phi) is 14.4. The maximum atomic E-state index is 13.2. The summed E-state index contributed by atoms with van der Waals surface area (Å²) in [5.41, 5.74) is 7.45. The predicted molar refractivity (Wildman–Crippen MR) is 159 cm³/mol. The van der Waals surface area contributed by atoms with Crippen LogP contribution in [0.2, 0.25) is 0 Å². The zero-order valence-electron chi connectivity index (χ0n) is 24.6. The van der Waals surface area contributed by atoms with Gasteiger partial charge in [-0.05, 0) is 74.0 Å². The molecule has 0 spiro atoms. The highest BCUT2D eigenvalue weighted by molar-refractivity contribution is 5.85. The lowest BCUT2D eigenvalue weighted by Gasteiger charge is -2.48. The summed E-state index contributed by atoms with van der Waals surface area (Å²) in [6, 6.07) is 5.66. The van der Waals surface area contributed by atoms with E-state index in [1.54, 1.807) is 14.2 Å². The summed E-state index contributed by atoms with van der Waals surface area (Å²) >= 11 is 0. The standard InChI is InChI=1S/C31H52N2O5.ClH/c1-22(2)24(18-23-12-13-28(37-4)29(19-23)38-17-9-16-36-3)20-26(32)27(34)21-33-30(35)31(14-8-15-31)25-10-6-5-7-11-25;/h12-13,19,22,24-27,34H,5-11,14-18,20-21,32H2,1-4H3,(H,33,35);1H. The molecule has 1 amide bonds. The fraction of sp³-hybridized carbons (Fsp3) is 0.774. The van der Waals surface area contributed by atoms with Gasteiger partial charge in [-0.15, -0.1) is 12.4 Å². The van der Waals surface area contributed by atoms with Gasteiger partial charge in [0.15, 0.2) is 11.5 Å². The van der Waals surface area contributed by atoms with Gasteiger partial charge in [0.2, 0.25) is 5.91 Å². The highest BCUT2D eigenvalue weighted by Gasteiger charge is 2.49. The van der Waals surface area contributed by atoms with Gasteiger partial charge in [-0.2, -0.15) is 0 Å². The number of aliphatic hydroxyl groups excluding tert-OH is 1. The van der Waals surface area contributed by atoms with Crippen molar-refractivity contribution in [1.29, 1.82) is 0 Å². The molecular weight excluding hydrogens is 516 g/mol. The lowest BCUT2D eigenvalue weighted by Crippen LogP contribution is -2.53. The number of carbonyl (C=O) groups is 1. The lowest BCUT2D eigenvalue weighted by molar-refractivity contribution is -0.142. The molecule has 1 aromatic carbocycles. The number of nitrogens with two attached hydrogens (primary N) is 1. The van der Waals surface area contributed by atoms with Crippen LogP contribution in [0.15, 0.2) is 18.2 Å². The van der Waals surface area contributed by atoms with E-state index in [0.29, 0.717) is 37.2 Å². The number of hydrogen-bond donors (Lipinski definition) is 3. The number of benzene rings is 1. The molecule has 2 saturated carbocycles. The van der Waals surface area contributed by atoms with Crippen LogP contribution >= 0.6 is 12.4 Å². The van der Waals surface area contributed by atoms with Crippen LogP contribution in [0.5, 0.6) is 11.5 Å². The van der Waals surface area contributed by atoms with Gasteiger partial charge in [0, 0.05) is 32.7 Å². The largest absolute Gasteiger partial charge is 0.493 e. The topological polar surface area (TPSA) is 103 Å². The normalized spacial score (nSPS) is 19.4. The van der Waals surface area contributed by atoms with Crippen LogP contribution in [-0.2, 0) is 16.0 Å². The van der Waals surface area contributed by atoms with Crippen molar-refractivity contribution in [3.63, 3.8) is 0 Å². The Morgan fingerprint density at radius 1 is 1.10 bits per heavy atom. The number of methoxy groups -OCH3 is 2. The highest BCUT2D eigenvalue weighted by atomic mass is 35.5. The molecule has 1 aromatic rings. The molecule has 4 N–H and O–H groups in total. The molecule has 8 heteroatoms. The quantitative estimate of drug-likeness (QED) is 0.234. The van der Waals surface area contributed by atoms with E-state index in [0.717, 1.165) is 56.3 Å². The molecule has 0 aliphatic heterocycles. The number of rotatable bonds is 16. The number of carbonyl (C=O) groups excluding carboxylic acids is 1. The minimum absolute atomic E-state index is 0. The van der Waals surface area contributed by atoms with Crippen molar-refractivity contribution in [1.82, 2.24) is 5.32 Å². The zero-order chi connectivity index (χ0) is 27.5. The molecule has 39 heavy (non-hydrogen) atoms. The number of ether oxygens (including phenoxy) is 3. The zero-order valence-corrected chi connectivity index (χ0v) is 25.4. The number of nitrogens with one attached hydrogen (secondary N) is 1. The Labute approximate surface area is 242 Å². The van der Waals surface area contributed by atoms with Crippen LogP contribution < -0.4 is 20.5 Å². The number of halogens is 1. The van der Waals surface area contributed by atoms with Gasteiger partial charge in [0.05, 0.1) is 25.2 Å². The first-order chi connectivity index (χ1) is 18.3. The summed E-state index contributed by atoms with van der Waals surface area (Å²) in [5.74, 6) is 2.76. The van der Waals surface area contributed by atoms with Crippen molar-refractivity contribution in [2.24, 2.45) is 28.9 Å². The predicted octanol–water partition coefficient (Wildman–Crippen LogP) is 5.29. The second-order valence-electron chi connectivity index (χ2n) is 11.9. The minimum atomic E-state index is -0.765. The Morgan fingerprint density at radius 2 is 1.82 bits per heavy atom. The van der Waals surface area contributed by atoms with Gasteiger partial charge >= 0.3 is 0 Å². The number of amides is 1. The van der Waals surface area contributed by atoms with Gasteiger partial charge in [0.25, 0.3) is 0 Å². The molecule has 0 bridgehead atoms. The van der Waals surface area contributed by atoms with Crippen LogP contribution in [0.25, 0.3) is 0 Å². The molecule has 0 aromatic heterocycles. The summed E-state index contributed by atoms with van der Waals surface area (Å²) in [6.45, 7) is 5.83. The lowest BCUT2D eigenvalue weighted by atomic mass is 9.57. The molecule has 3 rings (SSSR count). The molecule has 0 radical (unpaired) electrons. The smallest absolute Gasteiger partial charge is 0.226 e. The first kappa shape index (κ1) is 33.7. The third-order valence-electron chi connectivity index (χ3n) is 9.04. The monoisotopic (exact) mass is 568 g/mol. The summed E-state index contributed by atoms with van der Waals surface area (Å²) in [4.78, 5) is 13.2. The molecular formula is C31H53ClN2O5. The average molecular weight is 569 g/mol. The van der Waals surface area contributed by atoms with E-state index in [4.69, 9.17) is 19.9 Å². The van der Waals surface area contributed by atoms with E-state index in [2.05, 4.69) is 25.2 Å². The summed E-state index contributed by atoms with van der Waals surface area (Å²) < 4.78 is 16.6. The van der Waals surface area contributed by atoms with Crippen LogP contribution in [0.4, 0.5) is 0 Å². The van der Waals surface area contributed by atoms with E-state index in [-0.39, 0.29) is 36.2 Å². The third-order valence-corrected chi connectivity index (χ3v) is 9.04. The van der Waals surface area contributed by atoms with Crippen molar-refractivity contribution in [3.05, 3.63) is 23.8 Å². The van der Waals surface area contributed by atoms with Crippen molar-refractivity contribution in [3.8, 4) is 11.5 Å². The Balaban J connectivity index is 0.00000533. The van der Waals surface area contributed by atoms with Crippen molar-refractivity contribution < 1.29 is 24.1 Å². The van der Waals surface area contributed by atoms with Crippen LogP contribution in [0.1, 0.15) is 83.6 Å². The van der Waals surface area contributed by atoms with Crippen LogP contribution in [0.3, 0.4) is 0 Å². The van der Waals surface area contributed by atoms with Crippen LogP contribution in [0, 0.1) is 23.2 Å². The van der Waals surface area contributed by atoms with Crippen molar-refractivity contribution in [2.75, 3.05) is 34.0 Å². The van der Waals surface area contributed by atoms with E-state index in [9.17, 15) is 9.90 Å². The second kappa shape index (κ2) is 16.7. The molecule has 2 fully saturated rings. The van der Waals surface area contributed by atoms with Crippen LogP contribution in [-0.4, -0.2) is 57.1 Å². The molecule has 0 saturated heterocycles. The molecule has 7 nitrogen and oxygen atoms in total. The number of hydrogen-bond acceptors (Lipinski definition) is 6. The Hall–Kier alpha value is -1.54. The number of aliphatic hydroxyl groups is 1. The van der Waals surface area contributed by atoms with Gasteiger partial charge < -0.3 is 30.4 Å². The maximum absolute atomic E-state index is 13.2. The van der Waals surface area contributed by atoms with Crippen molar-refractivity contribution >= 4 is 18.3 Å². The van der Waals surface area contributed by atoms with Crippen molar-refractivity contribution in [2.45, 2.75) is 96.6 Å². The third kappa shape index (κ3) is 9.24. The average Bonchev–Trinajstić information content (AvgIpc) is 2.89. The van der Waals surface area contributed by atoms with Gasteiger partial charge in [-0.1, -0.05) is 45.6 Å². The summed E-state index contributed by atoms with van der Waals surface area (Å²) in [5, 5.41) is 14.0. The molecule has 3 atom stereocenters. The highest BCUT2D eigenvalue weighted by Crippen LogP contribution is 2.52. The fourth-order valence-electron chi connectivity index (χ4n) is 6.31. The fourth-order valence-corrected chi connectivity index (χ4v) is 6.31. The SMILES string of the molecule is COCCCOc1cc(CC(CC(N)C(O)CNC(=O)C2(C3CCCCC3)CCC2)C(C)C)ccc1OC.Cl. The van der Waals surface area contributed by atoms with E-state index >= 15 is 0 Å². The van der Waals surface area contributed by atoms with Gasteiger partial charge in [-0.25, -0.2) is 0 Å². The molecule has 0 heterocycles. The van der Waals surface area contributed by atoms with Gasteiger partial charge in [0.1, 0.15) is 0 Å². The molecule has 2 aliphatic carbocycles. The Morgan fingerprint density at radius 3 is 2.41 bits per heavy atom.